The van der Waals surface area contributed by atoms with Gasteiger partial charge in [0.1, 0.15) is 0 Å². The molecule has 0 aliphatic rings. The Hall–Kier alpha value is -2.58. The van der Waals surface area contributed by atoms with Crippen LogP contribution in [-0.4, -0.2) is 15.0 Å². The first-order valence-electron chi connectivity index (χ1n) is 6.64. The summed E-state index contributed by atoms with van der Waals surface area (Å²) < 4.78 is 0.840. The van der Waals surface area contributed by atoms with Gasteiger partial charge in [0.15, 0.2) is 5.82 Å². The molecule has 0 amide bonds. The first kappa shape index (κ1) is 14.4. The maximum atomic E-state index is 9.18. The van der Waals surface area contributed by atoms with Crippen molar-refractivity contribution in [2.24, 2.45) is 0 Å². The van der Waals surface area contributed by atoms with E-state index in [1.165, 1.54) is 0 Å². The summed E-state index contributed by atoms with van der Waals surface area (Å²) >= 11 is 3.40. The van der Waals surface area contributed by atoms with Crippen molar-refractivity contribution in [1.82, 2.24) is 15.0 Å². The molecule has 0 radical (unpaired) electrons. The number of aryl methyl sites for hydroxylation is 1. The number of halogens is 1. The lowest BCUT2D eigenvalue weighted by Crippen LogP contribution is -1.89. The summed E-state index contributed by atoms with van der Waals surface area (Å²) in [5, 5.41) is 10.0. The van der Waals surface area contributed by atoms with Gasteiger partial charge in [0.25, 0.3) is 0 Å². The van der Waals surface area contributed by atoms with Crippen LogP contribution in [0.1, 0.15) is 22.8 Å². The topological polar surface area (TPSA) is 62.5 Å². The highest BCUT2D eigenvalue weighted by atomic mass is 79.9. The van der Waals surface area contributed by atoms with Crippen LogP contribution in [0.15, 0.2) is 41.0 Å². The molecule has 1 aromatic carbocycles. The molecule has 0 fully saturated rings. The molecule has 0 N–H and O–H groups in total. The zero-order chi connectivity index (χ0) is 15.5. The average Bonchev–Trinajstić information content (AvgIpc) is 2.51. The lowest BCUT2D eigenvalue weighted by atomic mass is 10.1. The summed E-state index contributed by atoms with van der Waals surface area (Å²) in [4.78, 5) is 13.1. The Balaban J connectivity index is 2.01. The first-order chi connectivity index (χ1) is 10.7. The zero-order valence-electron chi connectivity index (χ0n) is 11.8. The predicted molar refractivity (Wildman–Crippen MR) is 89.9 cm³/mol. The molecule has 3 aromatic rings. The van der Waals surface area contributed by atoms with Gasteiger partial charge in [-0.1, -0.05) is 15.9 Å². The van der Waals surface area contributed by atoms with E-state index in [-0.39, 0.29) is 0 Å². The molecule has 0 unspecified atom stereocenters. The fourth-order valence-corrected chi connectivity index (χ4v) is 2.56. The molecule has 0 aliphatic heterocycles. The number of hydrogen-bond acceptors (Lipinski definition) is 4. The monoisotopic (exact) mass is 350 g/mol. The molecule has 3 rings (SSSR count). The van der Waals surface area contributed by atoms with Crippen molar-refractivity contribution in [1.29, 1.82) is 5.26 Å². The summed E-state index contributed by atoms with van der Waals surface area (Å²) in [6, 6.07) is 11.5. The number of fused-ring (bicyclic) bond motifs is 1. The molecule has 0 saturated heterocycles. The van der Waals surface area contributed by atoms with Crippen LogP contribution in [0.5, 0.6) is 0 Å². The molecule has 22 heavy (non-hydrogen) atoms. The van der Waals surface area contributed by atoms with E-state index in [2.05, 4.69) is 37.0 Å². The van der Waals surface area contributed by atoms with Crippen molar-refractivity contribution < 1.29 is 0 Å². The van der Waals surface area contributed by atoms with Gasteiger partial charge < -0.3 is 0 Å². The van der Waals surface area contributed by atoms with Gasteiger partial charge >= 0.3 is 0 Å². The maximum absolute atomic E-state index is 9.18. The molecule has 4 nitrogen and oxygen atoms in total. The third kappa shape index (κ3) is 3.02. The number of benzene rings is 1. The van der Waals surface area contributed by atoms with E-state index in [4.69, 9.17) is 0 Å². The third-order valence-electron chi connectivity index (χ3n) is 3.13. The van der Waals surface area contributed by atoms with Crippen molar-refractivity contribution in [3.63, 3.8) is 0 Å². The lowest BCUT2D eigenvalue weighted by Gasteiger charge is -2.02. The summed E-state index contributed by atoms with van der Waals surface area (Å²) in [7, 11) is 0. The van der Waals surface area contributed by atoms with Gasteiger partial charge in [-0.25, -0.2) is 15.0 Å². The van der Waals surface area contributed by atoms with E-state index >= 15 is 0 Å². The summed E-state index contributed by atoms with van der Waals surface area (Å²) in [6.45, 7) is 1.92. The van der Waals surface area contributed by atoms with Crippen LogP contribution in [0.4, 0.5) is 0 Å². The van der Waals surface area contributed by atoms with Crippen LogP contribution < -0.4 is 0 Å². The highest BCUT2D eigenvalue weighted by Crippen LogP contribution is 2.23. The van der Waals surface area contributed by atoms with Crippen molar-refractivity contribution in [2.45, 2.75) is 6.92 Å². The van der Waals surface area contributed by atoms with Crippen molar-refractivity contribution in [3.05, 3.63) is 63.8 Å². The van der Waals surface area contributed by atoms with Gasteiger partial charge in [-0.05, 0) is 49.4 Å². The van der Waals surface area contributed by atoms with Gasteiger partial charge in [0.05, 0.1) is 22.8 Å². The van der Waals surface area contributed by atoms with E-state index in [9.17, 15) is 5.26 Å². The van der Waals surface area contributed by atoms with Crippen molar-refractivity contribution in [3.8, 4) is 6.07 Å². The Kier molecular flexibility index (Phi) is 3.94. The van der Waals surface area contributed by atoms with Crippen LogP contribution in [-0.2, 0) is 0 Å². The Labute approximate surface area is 136 Å². The molecule has 0 bridgehead atoms. The van der Waals surface area contributed by atoms with Crippen LogP contribution in [0, 0.1) is 18.3 Å². The van der Waals surface area contributed by atoms with E-state index in [1.807, 2.05) is 43.3 Å². The quantitative estimate of drug-likeness (QED) is 0.696. The Bertz CT molecular complexity index is 926. The minimum atomic E-state index is 0.606. The smallest absolute Gasteiger partial charge is 0.152 e. The van der Waals surface area contributed by atoms with E-state index in [0.717, 1.165) is 26.8 Å². The SMILES string of the molecule is Cc1ccnc(/C=C/c2ccc3c(C#N)cc(Br)cc3n2)n1. The number of nitriles is 1. The normalized spacial score (nSPS) is 11.0. The first-order valence-corrected chi connectivity index (χ1v) is 7.43. The summed E-state index contributed by atoms with van der Waals surface area (Å²) in [5.41, 5.74) is 3.09. The molecule has 2 heterocycles. The average molecular weight is 351 g/mol. The number of nitrogens with zero attached hydrogens (tertiary/aromatic N) is 4. The van der Waals surface area contributed by atoms with E-state index in [0.29, 0.717) is 11.4 Å². The second-order valence-corrected chi connectivity index (χ2v) is 5.67. The molecule has 0 atom stereocenters. The summed E-state index contributed by atoms with van der Waals surface area (Å²) in [6.07, 6.45) is 5.41. The number of rotatable bonds is 2. The molecular formula is C17H11BrN4. The number of aromatic nitrogens is 3. The molecule has 0 aliphatic carbocycles. The van der Waals surface area contributed by atoms with Gasteiger partial charge in [-0.15, -0.1) is 0 Å². The van der Waals surface area contributed by atoms with Gasteiger partial charge in [0.2, 0.25) is 0 Å². The van der Waals surface area contributed by atoms with Crippen molar-refractivity contribution in [2.75, 3.05) is 0 Å². The molecule has 0 saturated carbocycles. The fraction of sp³-hybridized carbons (Fsp3) is 0.0588. The molecular weight excluding hydrogens is 340 g/mol. The second-order valence-electron chi connectivity index (χ2n) is 4.76. The number of hydrogen-bond donors (Lipinski definition) is 0. The van der Waals surface area contributed by atoms with Crippen LogP contribution in [0.25, 0.3) is 23.1 Å². The Morgan fingerprint density at radius 3 is 2.77 bits per heavy atom. The van der Waals surface area contributed by atoms with Gasteiger partial charge in [-0.3, -0.25) is 0 Å². The Morgan fingerprint density at radius 2 is 2.00 bits per heavy atom. The highest BCUT2D eigenvalue weighted by molar-refractivity contribution is 9.10. The molecule has 2 aromatic heterocycles. The maximum Gasteiger partial charge on any atom is 0.152 e. The molecule has 5 heteroatoms. The van der Waals surface area contributed by atoms with E-state index < -0.39 is 0 Å². The predicted octanol–water partition coefficient (Wildman–Crippen LogP) is 4.14. The standard InChI is InChI=1S/C17H11BrN4/c1-11-6-7-20-17(21-11)5-3-14-2-4-15-12(10-19)8-13(18)9-16(15)22-14/h2-9H,1H3/b5-3+. The Morgan fingerprint density at radius 1 is 1.14 bits per heavy atom. The molecule has 0 spiro atoms. The molecule has 106 valence electrons. The highest BCUT2D eigenvalue weighted by Gasteiger charge is 2.04. The van der Waals surface area contributed by atoms with E-state index in [1.54, 1.807) is 12.3 Å². The van der Waals surface area contributed by atoms with Crippen LogP contribution in [0.2, 0.25) is 0 Å². The third-order valence-corrected chi connectivity index (χ3v) is 3.59. The zero-order valence-corrected chi connectivity index (χ0v) is 13.4. The largest absolute Gasteiger partial charge is 0.248 e. The lowest BCUT2D eigenvalue weighted by molar-refractivity contribution is 1.08. The number of pyridine rings is 1. The summed E-state index contributed by atoms with van der Waals surface area (Å²) in [5.74, 6) is 0.647. The second kappa shape index (κ2) is 6.04. The van der Waals surface area contributed by atoms with Crippen LogP contribution in [0.3, 0.4) is 0 Å². The van der Waals surface area contributed by atoms with Gasteiger partial charge in [0, 0.05) is 21.7 Å². The van der Waals surface area contributed by atoms with Crippen molar-refractivity contribution >= 4 is 39.0 Å². The minimum Gasteiger partial charge on any atom is -0.248 e. The minimum absolute atomic E-state index is 0.606. The van der Waals surface area contributed by atoms with Crippen LogP contribution >= 0.6 is 15.9 Å². The van der Waals surface area contributed by atoms with Gasteiger partial charge in [-0.2, -0.15) is 5.26 Å². The fourth-order valence-electron chi connectivity index (χ4n) is 2.11.